The van der Waals surface area contributed by atoms with E-state index < -0.39 is 6.23 Å². The van der Waals surface area contributed by atoms with Crippen molar-refractivity contribution in [2.24, 2.45) is 0 Å². The SMILES string of the molecule is CC(Oc1ccc(Cl)cc1)N1C(=O)c2ccccc2C1=O. The number of nitrogens with zero attached hydrogens (tertiary/aromatic N) is 1. The highest BCUT2D eigenvalue weighted by atomic mass is 35.5. The largest absolute Gasteiger partial charge is 0.470 e. The van der Waals surface area contributed by atoms with Crippen LogP contribution in [0.2, 0.25) is 5.02 Å². The third-order valence-electron chi connectivity index (χ3n) is 3.31. The lowest BCUT2D eigenvalue weighted by atomic mass is 10.1. The van der Waals surface area contributed by atoms with Crippen molar-refractivity contribution in [2.45, 2.75) is 13.2 Å². The third-order valence-corrected chi connectivity index (χ3v) is 3.56. The van der Waals surface area contributed by atoms with Gasteiger partial charge >= 0.3 is 0 Å². The molecule has 1 aliphatic rings. The van der Waals surface area contributed by atoms with Crippen molar-refractivity contribution in [1.29, 1.82) is 0 Å². The van der Waals surface area contributed by atoms with Gasteiger partial charge < -0.3 is 4.74 Å². The molecule has 0 bridgehead atoms. The lowest BCUT2D eigenvalue weighted by Gasteiger charge is -2.23. The van der Waals surface area contributed by atoms with Gasteiger partial charge in [0.25, 0.3) is 11.8 Å². The van der Waals surface area contributed by atoms with Gasteiger partial charge in [-0.1, -0.05) is 23.7 Å². The fourth-order valence-electron chi connectivity index (χ4n) is 2.30. The molecule has 2 aromatic rings. The summed E-state index contributed by atoms with van der Waals surface area (Å²) in [5.74, 6) is -0.127. The Labute approximate surface area is 126 Å². The molecule has 3 rings (SSSR count). The van der Waals surface area contributed by atoms with E-state index in [9.17, 15) is 9.59 Å². The van der Waals surface area contributed by atoms with Gasteiger partial charge in [0.1, 0.15) is 5.75 Å². The number of rotatable bonds is 3. The Morgan fingerprint density at radius 3 is 2.00 bits per heavy atom. The van der Waals surface area contributed by atoms with Crippen LogP contribution >= 0.6 is 11.6 Å². The molecule has 1 heterocycles. The Morgan fingerprint density at radius 2 is 1.48 bits per heavy atom. The summed E-state index contributed by atoms with van der Waals surface area (Å²) >= 11 is 5.81. The maximum absolute atomic E-state index is 12.3. The van der Waals surface area contributed by atoms with Crippen molar-refractivity contribution in [3.8, 4) is 5.75 Å². The molecule has 1 aliphatic heterocycles. The van der Waals surface area contributed by atoms with Crippen molar-refractivity contribution in [2.75, 3.05) is 0 Å². The molecule has 2 aromatic carbocycles. The van der Waals surface area contributed by atoms with E-state index in [1.807, 2.05) is 0 Å². The van der Waals surface area contributed by atoms with Crippen LogP contribution in [0, 0.1) is 0 Å². The van der Waals surface area contributed by atoms with E-state index in [0.29, 0.717) is 21.9 Å². The fraction of sp³-hybridized carbons (Fsp3) is 0.125. The van der Waals surface area contributed by atoms with E-state index in [-0.39, 0.29) is 11.8 Å². The van der Waals surface area contributed by atoms with E-state index in [0.717, 1.165) is 4.90 Å². The smallest absolute Gasteiger partial charge is 0.264 e. The van der Waals surface area contributed by atoms with Gasteiger partial charge in [0.15, 0.2) is 6.23 Å². The molecule has 0 saturated heterocycles. The summed E-state index contributed by atoms with van der Waals surface area (Å²) in [6.07, 6.45) is -0.696. The minimum atomic E-state index is -0.696. The molecule has 2 amide bonds. The summed E-state index contributed by atoms with van der Waals surface area (Å²) in [7, 11) is 0. The molecule has 0 aliphatic carbocycles. The van der Waals surface area contributed by atoms with Gasteiger partial charge in [0, 0.05) is 5.02 Å². The number of fused-ring (bicyclic) bond motifs is 1. The summed E-state index contributed by atoms with van der Waals surface area (Å²) in [6.45, 7) is 1.66. The summed E-state index contributed by atoms with van der Waals surface area (Å²) in [4.78, 5) is 25.7. The van der Waals surface area contributed by atoms with Crippen LogP contribution in [-0.4, -0.2) is 22.9 Å². The Kier molecular flexibility index (Phi) is 3.39. The predicted molar refractivity (Wildman–Crippen MR) is 78.5 cm³/mol. The molecule has 106 valence electrons. The summed E-state index contributed by atoms with van der Waals surface area (Å²) < 4.78 is 5.65. The van der Waals surface area contributed by atoms with E-state index in [1.165, 1.54) is 0 Å². The molecular weight excluding hydrogens is 290 g/mol. The van der Waals surface area contributed by atoms with Crippen LogP contribution < -0.4 is 4.74 Å². The van der Waals surface area contributed by atoms with Crippen LogP contribution in [0.25, 0.3) is 0 Å². The van der Waals surface area contributed by atoms with E-state index in [2.05, 4.69) is 0 Å². The first-order valence-electron chi connectivity index (χ1n) is 6.47. The minimum absolute atomic E-state index is 0.336. The molecule has 0 aromatic heterocycles. The first kappa shape index (κ1) is 13.6. The Balaban J connectivity index is 1.83. The zero-order valence-electron chi connectivity index (χ0n) is 11.2. The van der Waals surface area contributed by atoms with Crippen molar-refractivity contribution >= 4 is 23.4 Å². The Hall–Kier alpha value is -2.33. The molecule has 0 radical (unpaired) electrons. The fourth-order valence-corrected chi connectivity index (χ4v) is 2.43. The number of halogens is 1. The number of benzene rings is 2. The number of carbonyl (C=O) groups is 2. The number of amides is 2. The molecule has 1 atom stereocenters. The van der Waals surface area contributed by atoms with Crippen LogP contribution in [-0.2, 0) is 0 Å². The monoisotopic (exact) mass is 301 g/mol. The first-order chi connectivity index (χ1) is 10.1. The lowest BCUT2D eigenvalue weighted by molar-refractivity contribution is 0.0298. The maximum atomic E-state index is 12.3. The third kappa shape index (κ3) is 2.38. The molecule has 0 spiro atoms. The lowest BCUT2D eigenvalue weighted by Crippen LogP contribution is -2.41. The van der Waals surface area contributed by atoms with Crippen LogP contribution in [0.3, 0.4) is 0 Å². The Bertz CT molecular complexity index is 677. The molecule has 21 heavy (non-hydrogen) atoms. The normalized spacial score (nSPS) is 15.0. The quantitative estimate of drug-likeness (QED) is 0.817. The van der Waals surface area contributed by atoms with Crippen LogP contribution in [0.5, 0.6) is 5.75 Å². The van der Waals surface area contributed by atoms with Crippen molar-refractivity contribution in [3.63, 3.8) is 0 Å². The predicted octanol–water partition coefficient (Wildman–Crippen LogP) is 3.36. The highest BCUT2D eigenvalue weighted by molar-refractivity contribution is 6.30. The van der Waals surface area contributed by atoms with Crippen molar-refractivity contribution < 1.29 is 14.3 Å². The van der Waals surface area contributed by atoms with Gasteiger partial charge in [-0.2, -0.15) is 0 Å². The van der Waals surface area contributed by atoms with E-state index >= 15 is 0 Å². The number of ether oxygens (including phenoxy) is 1. The molecule has 0 saturated carbocycles. The summed E-state index contributed by atoms with van der Waals surface area (Å²) in [5, 5.41) is 0.593. The molecule has 5 heteroatoms. The van der Waals surface area contributed by atoms with Gasteiger partial charge in [-0.25, -0.2) is 4.90 Å². The average molecular weight is 302 g/mol. The van der Waals surface area contributed by atoms with Gasteiger partial charge in [-0.05, 0) is 43.3 Å². The van der Waals surface area contributed by atoms with Gasteiger partial charge in [0.2, 0.25) is 0 Å². The second-order valence-electron chi connectivity index (χ2n) is 4.70. The number of hydrogen-bond acceptors (Lipinski definition) is 3. The van der Waals surface area contributed by atoms with Gasteiger partial charge in [0.05, 0.1) is 11.1 Å². The molecule has 4 nitrogen and oxygen atoms in total. The number of imide groups is 1. The zero-order valence-corrected chi connectivity index (χ0v) is 12.0. The standard InChI is InChI=1S/C16H12ClNO3/c1-10(21-12-8-6-11(17)7-9-12)18-15(19)13-4-2-3-5-14(13)16(18)20/h2-10H,1H3. The molecular formula is C16H12ClNO3. The number of carbonyl (C=O) groups excluding carboxylic acids is 2. The zero-order chi connectivity index (χ0) is 15.0. The maximum Gasteiger partial charge on any atom is 0.264 e. The number of hydrogen-bond donors (Lipinski definition) is 0. The van der Waals surface area contributed by atoms with Crippen LogP contribution in [0.4, 0.5) is 0 Å². The second-order valence-corrected chi connectivity index (χ2v) is 5.13. The Morgan fingerprint density at radius 1 is 0.952 bits per heavy atom. The van der Waals surface area contributed by atoms with Crippen molar-refractivity contribution in [3.05, 3.63) is 64.7 Å². The molecule has 0 fully saturated rings. The summed E-state index contributed by atoms with van der Waals surface area (Å²) in [5.41, 5.74) is 0.822. The average Bonchev–Trinajstić information content (AvgIpc) is 2.74. The highest BCUT2D eigenvalue weighted by Crippen LogP contribution is 2.26. The second kappa shape index (κ2) is 5.22. The summed E-state index contributed by atoms with van der Waals surface area (Å²) in [6, 6.07) is 13.5. The first-order valence-corrected chi connectivity index (χ1v) is 6.85. The molecule has 0 N–H and O–H groups in total. The highest BCUT2D eigenvalue weighted by Gasteiger charge is 2.39. The van der Waals surface area contributed by atoms with Crippen molar-refractivity contribution in [1.82, 2.24) is 4.90 Å². The van der Waals surface area contributed by atoms with Crippen LogP contribution in [0.15, 0.2) is 48.5 Å². The van der Waals surface area contributed by atoms with Crippen LogP contribution in [0.1, 0.15) is 27.6 Å². The minimum Gasteiger partial charge on any atom is -0.470 e. The van der Waals surface area contributed by atoms with Gasteiger partial charge in [-0.15, -0.1) is 0 Å². The van der Waals surface area contributed by atoms with Gasteiger partial charge in [-0.3, -0.25) is 9.59 Å². The van der Waals surface area contributed by atoms with E-state index in [1.54, 1.807) is 55.5 Å². The van der Waals surface area contributed by atoms with E-state index in [4.69, 9.17) is 16.3 Å². The molecule has 1 unspecified atom stereocenters. The topological polar surface area (TPSA) is 46.6 Å².